The third kappa shape index (κ3) is 4.84. The summed E-state index contributed by atoms with van der Waals surface area (Å²) in [5, 5.41) is 6.72. The number of aryl methyl sites for hydroxylation is 1. The molecule has 126 valence electrons. The van der Waals surface area contributed by atoms with Gasteiger partial charge in [-0.3, -0.25) is 4.79 Å². The second-order valence-corrected chi connectivity index (χ2v) is 5.37. The number of nitrogens with zero attached hydrogens (tertiary/aromatic N) is 1. The molecule has 0 aromatic heterocycles. The highest BCUT2D eigenvalue weighted by molar-refractivity contribution is 5.82. The van der Waals surface area contributed by atoms with Crippen LogP contribution in [0, 0.1) is 6.92 Å². The molecule has 0 fully saturated rings. The Hall–Kier alpha value is -2.82. The summed E-state index contributed by atoms with van der Waals surface area (Å²) in [4.78, 5) is 17.3. The van der Waals surface area contributed by atoms with Gasteiger partial charge in [-0.25, -0.2) is 0 Å². The number of ether oxygens (including phenoxy) is 1. The summed E-state index contributed by atoms with van der Waals surface area (Å²) in [5.74, 6) is 0.506. The Kier molecular flexibility index (Phi) is 6.37. The van der Waals surface area contributed by atoms with Crippen molar-refractivity contribution in [2.75, 3.05) is 7.11 Å². The fraction of sp³-hybridized carbons (Fsp3) is 0.263. The van der Waals surface area contributed by atoms with Crippen LogP contribution < -0.4 is 10.1 Å². The molecule has 0 aliphatic rings. The molecule has 0 saturated carbocycles. The van der Waals surface area contributed by atoms with Gasteiger partial charge in [-0.2, -0.15) is 0 Å². The summed E-state index contributed by atoms with van der Waals surface area (Å²) in [5.41, 5.74) is 2.96. The quantitative estimate of drug-likeness (QED) is 0.628. The maximum absolute atomic E-state index is 12.1. The summed E-state index contributed by atoms with van der Waals surface area (Å²) < 4.78 is 5.26. The van der Waals surface area contributed by atoms with Gasteiger partial charge in [0, 0.05) is 12.1 Å². The predicted octanol–water partition coefficient (Wildman–Crippen LogP) is 3.06. The summed E-state index contributed by atoms with van der Waals surface area (Å²) in [6, 6.07) is 15.4. The normalized spacial score (nSPS) is 12.0. The number of carbonyl (C=O) groups is 1. The minimum absolute atomic E-state index is 0.233. The molecular formula is C19H22N2O3. The molecule has 0 bridgehead atoms. The molecule has 0 radical (unpaired) electrons. The van der Waals surface area contributed by atoms with Gasteiger partial charge in [-0.15, -0.1) is 0 Å². The van der Waals surface area contributed by atoms with Gasteiger partial charge in [0.2, 0.25) is 6.10 Å². The number of oxime groups is 1. The Morgan fingerprint density at radius 1 is 1.21 bits per heavy atom. The molecule has 1 N–H and O–H groups in total. The number of nitrogens with one attached hydrogen (secondary N) is 1. The smallest absolute Gasteiger partial charge is 0.263 e. The molecule has 24 heavy (non-hydrogen) atoms. The highest BCUT2D eigenvalue weighted by atomic mass is 16.6. The summed E-state index contributed by atoms with van der Waals surface area (Å²) in [6.45, 7) is 4.02. The first-order valence-corrected chi connectivity index (χ1v) is 7.76. The van der Waals surface area contributed by atoms with Crippen LogP contribution in [0.2, 0.25) is 0 Å². The SMILES string of the molecule is COc1ccccc1CNC(=O)C(C)ON=Cc1ccccc1C. The molecule has 0 heterocycles. The third-order valence-electron chi connectivity index (χ3n) is 3.61. The Balaban J connectivity index is 1.85. The van der Waals surface area contributed by atoms with Gasteiger partial charge in [-0.05, 0) is 31.0 Å². The van der Waals surface area contributed by atoms with E-state index < -0.39 is 6.10 Å². The Morgan fingerprint density at radius 3 is 2.67 bits per heavy atom. The lowest BCUT2D eigenvalue weighted by molar-refractivity contribution is -0.131. The number of carbonyl (C=O) groups excluding carboxylic acids is 1. The molecule has 2 aromatic carbocycles. The number of hydrogen-bond donors (Lipinski definition) is 1. The molecule has 0 spiro atoms. The molecule has 2 rings (SSSR count). The van der Waals surface area contributed by atoms with Crippen LogP contribution in [-0.2, 0) is 16.2 Å². The van der Waals surface area contributed by atoms with E-state index in [0.29, 0.717) is 6.54 Å². The average molecular weight is 326 g/mol. The van der Waals surface area contributed by atoms with E-state index in [1.165, 1.54) is 0 Å². The van der Waals surface area contributed by atoms with Gasteiger partial charge in [0.05, 0.1) is 13.3 Å². The van der Waals surface area contributed by atoms with E-state index >= 15 is 0 Å². The van der Waals surface area contributed by atoms with E-state index in [0.717, 1.165) is 22.4 Å². The van der Waals surface area contributed by atoms with Gasteiger partial charge in [0.1, 0.15) is 5.75 Å². The van der Waals surface area contributed by atoms with Gasteiger partial charge in [0.15, 0.2) is 0 Å². The third-order valence-corrected chi connectivity index (χ3v) is 3.61. The average Bonchev–Trinajstić information content (AvgIpc) is 2.61. The van der Waals surface area contributed by atoms with Crippen LogP contribution in [0.25, 0.3) is 0 Å². The number of para-hydroxylation sites is 1. The van der Waals surface area contributed by atoms with E-state index in [9.17, 15) is 4.79 Å². The van der Waals surface area contributed by atoms with Crippen molar-refractivity contribution in [3.8, 4) is 5.75 Å². The monoisotopic (exact) mass is 326 g/mol. The number of amides is 1. The lowest BCUT2D eigenvalue weighted by atomic mass is 10.1. The van der Waals surface area contributed by atoms with Crippen molar-refractivity contribution in [2.45, 2.75) is 26.5 Å². The molecule has 5 nitrogen and oxygen atoms in total. The molecule has 1 atom stereocenters. The molecule has 5 heteroatoms. The van der Waals surface area contributed by atoms with Crippen molar-refractivity contribution in [2.24, 2.45) is 5.16 Å². The first-order chi connectivity index (χ1) is 11.6. The molecule has 0 aliphatic heterocycles. The maximum Gasteiger partial charge on any atom is 0.263 e. The summed E-state index contributed by atoms with van der Waals surface area (Å²) >= 11 is 0. The number of hydrogen-bond acceptors (Lipinski definition) is 4. The van der Waals surface area contributed by atoms with Crippen molar-refractivity contribution >= 4 is 12.1 Å². The van der Waals surface area contributed by atoms with E-state index in [2.05, 4.69) is 10.5 Å². The largest absolute Gasteiger partial charge is 0.496 e. The van der Waals surface area contributed by atoms with Crippen LogP contribution in [0.4, 0.5) is 0 Å². The van der Waals surface area contributed by atoms with Crippen LogP contribution in [0.5, 0.6) is 5.75 Å². The lowest BCUT2D eigenvalue weighted by Gasteiger charge is -2.12. The predicted molar refractivity (Wildman–Crippen MR) is 94.2 cm³/mol. The summed E-state index contributed by atoms with van der Waals surface area (Å²) in [7, 11) is 1.60. The zero-order valence-corrected chi connectivity index (χ0v) is 14.2. The van der Waals surface area contributed by atoms with Crippen LogP contribution in [0.3, 0.4) is 0 Å². The fourth-order valence-electron chi connectivity index (χ4n) is 2.13. The lowest BCUT2D eigenvalue weighted by Crippen LogP contribution is -2.33. The second kappa shape index (κ2) is 8.72. The van der Waals surface area contributed by atoms with Gasteiger partial charge >= 0.3 is 0 Å². The number of benzene rings is 2. The van der Waals surface area contributed by atoms with Crippen molar-refractivity contribution in [1.82, 2.24) is 5.32 Å². The zero-order valence-electron chi connectivity index (χ0n) is 14.2. The number of rotatable bonds is 7. The first-order valence-electron chi connectivity index (χ1n) is 7.76. The van der Waals surface area contributed by atoms with Crippen molar-refractivity contribution < 1.29 is 14.4 Å². The molecule has 1 unspecified atom stereocenters. The Morgan fingerprint density at radius 2 is 1.92 bits per heavy atom. The fourth-order valence-corrected chi connectivity index (χ4v) is 2.13. The van der Waals surface area contributed by atoms with Gasteiger partial charge < -0.3 is 14.9 Å². The zero-order chi connectivity index (χ0) is 17.4. The van der Waals surface area contributed by atoms with Crippen molar-refractivity contribution in [3.63, 3.8) is 0 Å². The van der Waals surface area contributed by atoms with Crippen LogP contribution in [0.1, 0.15) is 23.6 Å². The van der Waals surface area contributed by atoms with Gasteiger partial charge in [-0.1, -0.05) is 47.6 Å². The molecular weight excluding hydrogens is 304 g/mol. The van der Waals surface area contributed by atoms with Crippen molar-refractivity contribution in [1.29, 1.82) is 0 Å². The second-order valence-electron chi connectivity index (χ2n) is 5.37. The molecule has 1 amide bonds. The minimum atomic E-state index is -0.681. The molecule has 0 aliphatic carbocycles. The minimum Gasteiger partial charge on any atom is -0.496 e. The van der Waals surface area contributed by atoms with Gasteiger partial charge in [0.25, 0.3) is 5.91 Å². The van der Waals surface area contributed by atoms with E-state index in [-0.39, 0.29) is 5.91 Å². The molecule has 2 aromatic rings. The highest BCUT2D eigenvalue weighted by Crippen LogP contribution is 2.16. The van der Waals surface area contributed by atoms with Crippen LogP contribution in [-0.4, -0.2) is 25.3 Å². The highest BCUT2D eigenvalue weighted by Gasteiger charge is 2.14. The number of methoxy groups -OCH3 is 1. The van der Waals surface area contributed by atoms with Crippen LogP contribution >= 0.6 is 0 Å². The Bertz CT molecular complexity index is 713. The standard InChI is InChI=1S/C19H22N2O3/c1-14-8-4-5-9-16(14)13-21-24-15(2)19(22)20-12-17-10-6-7-11-18(17)23-3/h4-11,13,15H,12H2,1-3H3,(H,20,22). The van der Waals surface area contributed by atoms with E-state index in [4.69, 9.17) is 9.57 Å². The molecule has 0 saturated heterocycles. The van der Waals surface area contributed by atoms with E-state index in [1.807, 2.05) is 55.5 Å². The van der Waals surface area contributed by atoms with E-state index in [1.54, 1.807) is 20.2 Å². The topological polar surface area (TPSA) is 59.9 Å². The Labute approximate surface area is 142 Å². The van der Waals surface area contributed by atoms with Crippen molar-refractivity contribution in [3.05, 3.63) is 65.2 Å². The maximum atomic E-state index is 12.1. The summed E-state index contributed by atoms with van der Waals surface area (Å²) in [6.07, 6.45) is 0.930. The first kappa shape index (κ1) is 17.5. The van der Waals surface area contributed by atoms with Crippen LogP contribution in [0.15, 0.2) is 53.7 Å².